The van der Waals surface area contributed by atoms with Crippen LogP contribution in [0.1, 0.15) is 113 Å². The van der Waals surface area contributed by atoms with Gasteiger partial charge in [-0.25, -0.2) is 0 Å². The summed E-state index contributed by atoms with van der Waals surface area (Å²) in [6.07, 6.45) is 3.94. The molecule has 0 radical (unpaired) electrons. The molecule has 18 nitrogen and oxygen atoms in total. The molecule has 18 heteroatoms. The van der Waals surface area contributed by atoms with E-state index in [9.17, 15) is 38.4 Å². The lowest BCUT2D eigenvalue weighted by Crippen LogP contribution is -2.59. The molecule has 2 aliphatic heterocycles. The largest absolute Gasteiger partial charge is 0.343 e. The summed E-state index contributed by atoms with van der Waals surface area (Å²) in [5.41, 5.74) is 1.34. The van der Waals surface area contributed by atoms with Crippen LogP contribution in [0.15, 0.2) is 84.9 Å². The van der Waals surface area contributed by atoms with Crippen molar-refractivity contribution in [1.29, 1.82) is 0 Å². The fraction of sp³-hybridized carbons (Fsp3) is 0.552. The highest BCUT2D eigenvalue weighted by Crippen LogP contribution is 2.28. The van der Waals surface area contributed by atoms with Crippen molar-refractivity contribution in [3.8, 4) is 0 Å². The van der Waals surface area contributed by atoms with Crippen LogP contribution in [0.4, 0.5) is 0 Å². The van der Waals surface area contributed by atoms with Gasteiger partial charge < -0.3 is 51.5 Å². The minimum Gasteiger partial charge on any atom is -0.343 e. The van der Waals surface area contributed by atoms with Crippen LogP contribution in [0.3, 0.4) is 0 Å². The van der Waals surface area contributed by atoms with Crippen LogP contribution < -0.4 is 31.9 Å². The predicted octanol–water partition coefficient (Wildman–Crippen LogP) is 3.55. The number of hydrogen-bond donors (Lipinski definition) is 6. The van der Waals surface area contributed by atoms with Crippen molar-refractivity contribution in [3.05, 3.63) is 107 Å². The third-order valence-corrected chi connectivity index (χ3v) is 14.6. The molecule has 0 spiro atoms. The van der Waals surface area contributed by atoms with E-state index in [-0.39, 0.29) is 84.8 Å². The zero-order chi connectivity index (χ0) is 55.7. The summed E-state index contributed by atoms with van der Waals surface area (Å²) in [6.45, 7) is 16.5. The Labute approximate surface area is 450 Å². The molecule has 0 bridgehead atoms. The van der Waals surface area contributed by atoms with Crippen LogP contribution in [0.5, 0.6) is 0 Å². The molecule has 2 heterocycles. The summed E-state index contributed by atoms with van der Waals surface area (Å²) in [7, 11) is 3.37. The van der Waals surface area contributed by atoms with E-state index in [0.29, 0.717) is 51.9 Å². The molecule has 5 rings (SSSR count). The number of likely N-dealkylation sites (N-methyl/N-ethyl adjacent to an activating group) is 2. The van der Waals surface area contributed by atoms with Crippen LogP contribution in [0.25, 0.3) is 0 Å². The van der Waals surface area contributed by atoms with E-state index in [1.807, 2.05) is 102 Å². The first-order valence-electron chi connectivity index (χ1n) is 26.9. The Kier molecular flexibility index (Phi) is 22.1. The molecule has 2 aliphatic rings. The molecule has 76 heavy (non-hydrogen) atoms. The molecule has 0 saturated carbocycles. The van der Waals surface area contributed by atoms with E-state index in [1.165, 1.54) is 24.3 Å². The van der Waals surface area contributed by atoms with Crippen LogP contribution in [0.2, 0.25) is 0 Å². The van der Waals surface area contributed by atoms with Gasteiger partial charge in [0.15, 0.2) is 0 Å². The third kappa shape index (κ3) is 17.2. The van der Waals surface area contributed by atoms with Crippen molar-refractivity contribution in [2.75, 3.05) is 66.5 Å². The van der Waals surface area contributed by atoms with Crippen LogP contribution in [-0.2, 0) is 41.6 Å². The summed E-state index contributed by atoms with van der Waals surface area (Å²) >= 11 is 0. The summed E-state index contributed by atoms with van der Waals surface area (Å²) in [5.74, 6) is -2.64. The Balaban J connectivity index is 1.21. The van der Waals surface area contributed by atoms with Gasteiger partial charge in [0.05, 0.1) is 25.2 Å². The first-order chi connectivity index (χ1) is 36.0. The minimum absolute atomic E-state index is 0.199. The maximum Gasteiger partial charge on any atom is 0.251 e. The molecule has 3 aromatic carbocycles. The highest BCUT2D eigenvalue weighted by atomic mass is 16.2. The molecule has 0 unspecified atom stereocenters. The normalized spacial score (nSPS) is 17.2. The molecule has 414 valence electrons. The number of hydrogen-bond acceptors (Lipinski definition) is 10. The van der Waals surface area contributed by atoms with Crippen molar-refractivity contribution >= 4 is 47.3 Å². The van der Waals surface area contributed by atoms with Crippen molar-refractivity contribution in [3.63, 3.8) is 0 Å². The summed E-state index contributed by atoms with van der Waals surface area (Å²) in [5, 5.41) is 17.3. The first-order valence-corrected chi connectivity index (χ1v) is 26.9. The highest BCUT2D eigenvalue weighted by Gasteiger charge is 2.42. The molecular formula is C58H84N10O8. The Bertz CT molecular complexity index is 2270. The lowest BCUT2D eigenvalue weighted by molar-refractivity contribution is -0.142. The van der Waals surface area contributed by atoms with Crippen molar-refractivity contribution in [2.24, 2.45) is 10.8 Å². The van der Waals surface area contributed by atoms with Gasteiger partial charge >= 0.3 is 0 Å². The summed E-state index contributed by atoms with van der Waals surface area (Å²) in [4.78, 5) is 116. The number of benzene rings is 3. The standard InChI is InChI=1S/C58H84N10O8/c1-39(59-9)51(71)63-49(57(3,4)5)55(75)67-31-17-23-45(67)37-65(33-29-41-19-13-11-14-20-41)47(69)35-61-53(73)43-25-27-44(28-26-43)54(74)62-36-48(70)66(34-30-42-21-15-12-16-22-42)38-46-24-18-32-68(46)56(76)50(58(6,7)8)64-52(72)40(2)60-10/h11-16,19-22,25-28,39-40,45-46,49-50,59-60H,17-18,23-24,29-38H2,1-10H3,(H,61,73)(H,62,74)(H,63,71)(H,64,72)/t39-,40-,45-,46+,49+,50+/m0/s1. The first kappa shape index (κ1) is 60.2. The van der Waals surface area contributed by atoms with Gasteiger partial charge in [-0.05, 0) is 113 Å². The van der Waals surface area contributed by atoms with Gasteiger partial charge in [-0.3, -0.25) is 38.4 Å². The molecule has 6 atom stereocenters. The average molecular weight is 1050 g/mol. The zero-order valence-corrected chi connectivity index (χ0v) is 46.5. The van der Waals surface area contributed by atoms with Gasteiger partial charge in [-0.1, -0.05) is 102 Å². The Morgan fingerprint density at radius 1 is 0.539 bits per heavy atom. The van der Waals surface area contributed by atoms with Gasteiger partial charge in [-0.2, -0.15) is 0 Å². The number of amides is 8. The minimum atomic E-state index is -0.786. The van der Waals surface area contributed by atoms with Crippen LogP contribution >= 0.6 is 0 Å². The van der Waals surface area contributed by atoms with Crippen molar-refractivity contribution in [2.45, 2.75) is 130 Å². The van der Waals surface area contributed by atoms with Gasteiger partial charge in [-0.15, -0.1) is 0 Å². The second-order valence-corrected chi connectivity index (χ2v) is 22.4. The highest BCUT2D eigenvalue weighted by molar-refractivity contribution is 6.00. The Morgan fingerprint density at radius 3 is 1.20 bits per heavy atom. The SMILES string of the molecule is CN[C@@H](C)C(=O)N[C@H](C(=O)N1CCC[C@@H]1CN(CCc1ccccc1)C(=O)CNC(=O)c1ccc(C(=O)NCC(=O)N(CCc2ccccc2)C[C@@H]2CCCN2C(=O)[C@@H](NC(=O)[C@H](C)NC)C(C)(C)C)cc1)C(C)(C)C. The third-order valence-electron chi connectivity index (χ3n) is 14.6. The second-order valence-electron chi connectivity index (χ2n) is 22.4. The molecule has 0 aromatic heterocycles. The average Bonchev–Trinajstić information content (AvgIpc) is 4.09. The van der Waals surface area contributed by atoms with Crippen molar-refractivity contribution in [1.82, 2.24) is 51.5 Å². The number of likely N-dealkylation sites (tertiary alicyclic amines) is 2. The fourth-order valence-corrected chi connectivity index (χ4v) is 9.53. The molecule has 3 aromatic rings. The van der Waals surface area contributed by atoms with E-state index in [1.54, 1.807) is 47.5 Å². The lowest BCUT2D eigenvalue weighted by Gasteiger charge is -2.37. The Hall–Kier alpha value is -6.66. The van der Waals surface area contributed by atoms with Gasteiger partial charge in [0.1, 0.15) is 12.1 Å². The quantitative estimate of drug-likeness (QED) is 0.0767. The van der Waals surface area contributed by atoms with E-state index in [4.69, 9.17) is 0 Å². The molecule has 2 saturated heterocycles. The summed E-state index contributed by atoms with van der Waals surface area (Å²) < 4.78 is 0. The van der Waals surface area contributed by atoms with E-state index in [0.717, 1.165) is 24.0 Å². The topological polar surface area (TPSA) is 222 Å². The molecular weight excluding hydrogens is 965 g/mol. The van der Waals surface area contributed by atoms with Gasteiger partial charge in [0, 0.05) is 62.5 Å². The van der Waals surface area contributed by atoms with Gasteiger partial charge in [0.25, 0.3) is 11.8 Å². The fourth-order valence-electron chi connectivity index (χ4n) is 9.53. The smallest absolute Gasteiger partial charge is 0.251 e. The van der Waals surface area contributed by atoms with Crippen LogP contribution in [-0.4, -0.2) is 170 Å². The number of carbonyl (C=O) groups is 8. The van der Waals surface area contributed by atoms with Crippen LogP contribution in [0, 0.1) is 10.8 Å². The summed E-state index contributed by atoms with van der Waals surface area (Å²) in [6, 6.07) is 22.3. The number of rotatable bonds is 24. The molecule has 8 amide bonds. The number of nitrogens with zero attached hydrogens (tertiary/aromatic N) is 4. The second kappa shape index (κ2) is 27.9. The monoisotopic (exact) mass is 1050 g/mol. The maximum atomic E-state index is 14.2. The van der Waals surface area contributed by atoms with E-state index in [2.05, 4.69) is 31.9 Å². The number of carbonyl (C=O) groups excluding carboxylic acids is 8. The van der Waals surface area contributed by atoms with E-state index < -0.39 is 46.8 Å². The van der Waals surface area contributed by atoms with E-state index >= 15 is 0 Å². The molecule has 2 fully saturated rings. The Morgan fingerprint density at radius 2 is 0.882 bits per heavy atom. The molecule has 6 N–H and O–H groups in total. The number of nitrogens with one attached hydrogen (secondary N) is 6. The lowest BCUT2D eigenvalue weighted by atomic mass is 9.85. The van der Waals surface area contributed by atoms with Crippen molar-refractivity contribution < 1.29 is 38.4 Å². The maximum absolute atomic E-state index is 14.2. The van der Waals surface area contributed by atoms with Gasteiger partial charge in [0.2, 0.25) is 35.4 Å². The molecule has 0 aliphatic carbocycles. The predicted molar refractivity (Wildman–Crippen MR) is 294 cm³/mol. The zero-order valence-electron chi connectivity index (χ0n) is 46.5.